The van der Waals surface area contributed by atoms with Crippen molar-refractivity contribution >= 4 is 5.97 Å². The molecule has 6 nitrogen and oxygen atoms in total. The highest BCUT2D eigenvalue weighted by Crippen LogP contribution is 2.34. The van der Waals surface area contributed by atoms with E-state index in [-0.39, 0.29) is 0 Å². The maximum atomic E-state index is 12.0. The number of aromatic nitrogens is 2. The maximum absolute atomic E-state index is 12.0. The third-order valence-electron chi connectivity index (χ3n) is 4.79. The van der Waals surface area contributed by atoms with E-state index in [0.717, 1.165) is 16.7 Å². The molecule has 0 saturated carbocycles. The molecule has 0 radical (unpaired) electrons. The molecule has 0 aliphatic carbocycles. The van der Waals surface area contributed by atoms with Gasteiger partial charge in [0.25, 0.3) is 0 Å². The van der Waals surface area contributed by atoms with Gasteiger partial charge in [0.05, 0.1) is 12.3 Å². The van der Waals surface area contributed by atoms with Gasteiger partial charge in [-0.1, -0.05) is 60.7 Å². The maximum Gasteiger partial charge on any atom is 0.356 e. The molecule has 162 valence electrons. The number of benzene rings is 3. The zero-order valence-electron chi connectivity index (χ0n) is 17.8. The molecule has 0 aliphatic rings. The van der Waals surface area contributed by atoms with E-state index in [1.165, 1.54) is 0 Å². The molecule has 0 aliphatic heterocycles. The van der Waals surface area contributed by atoms with Crippen molar-refractivity contribution in [2.24, 2.45) is 0 Å². The van der Waals surface area contributed by atoms with Crippen LogP contribution in [0, 0.1) is 0 Å². The van der Waals surface area contributed by atoms with Crippen LogP contribution in [0.4, 0.5) is 0 Å². The van der Waals surface area contributed by atoms with E-state index >= 15 is 0 Å². The summed E-state index contributed by atoms with van der Waals surface area (Å²) in [7, 11) is 0. The predicted molar refractivity (Wildman–Crippen MR) is 122 cm³/mol. The van der Waals surface area contributed by atoms with Crippen molar-refractivity contribution in [1.29, 1.82) is 0 Å². The van der Waals surface area contributed by atoms with E-state index in [9.17, 15) is 4.79 Å². The quantitative estimate of drug-likeness (QED) is 0.361. The minimum Gasteiger partial charge on any atom is -0.489 e. The molecule has 0 bridgehead atoms. The van der Waals surface area contributed by atoms with Crippen molar-refractivity contribution in [1.82, 2.24) is 10.2 Å². The largest absolute Gasteiger partial charge is 0.489 e. The Kier molecular flexibility index (Phi) is 6.82. The predicted octanol–water partition coefficient (Wildman–Crippen LogP) is 5.41. The molecule has 0 spiro atoms. The van der Waals surface area contributed by atoms with Crippen LogP contribution in [-0.4, -0.2) is 22.8 Å². The molecule has 4 rings (SSSR count). The summed E-state index contributed by atoms with van der Waals surface area (Å²) in [6, 6.07) is 27.1. The first-order chi connectivity index (χ1) is 15.7. The molecular formula is C26H24N2O4. The highest BCUT2D eigenvalue weighted by Gasteiger charge is 2.16. The summed E-state index contributed by atoms with van der Waals surface area (Å²) in [5.41, 5.74) is 3.75. The van der Waals surface area contributed by atoms with Crippen molar-refractivity contribution in [2.75, 3.05) is 6.61 Å². The Morgan fingerprint density at radius 2 is 1.50 bits per heavy atom. The average Bonchev–Trinajstić information content (AvgIpc) is 3.33. The molecule has 3 aromatic carbocycles. The molecule has 0 unspecified atom stereocenters. The number of carbonyl (C=O) groups excluding carboxylic acids is 1. The number of carbonyl (C=O) groups is 1. The van der Waals surface area contributed by atoms with Crippen LogP contribution in [0.5, 0.6) is 11.5 Å². The molecule has 32 heavy (non-hydrogen) atoms. The van der Waals surface area contributed by atoms with Crippen LogP contribution in [0.1, 0.15) is 28.5 Å². The third-order valence-corrected chi connectivity index (χ3v) is 4.79. The van der Waals surface area contributed by atoms with Gasteiger partial charge in [0.1, 0.15) is 30.4 Å². The Bertz CT molecular complexity index is 1160. The van der Waals surface area contributed by atoms with Gasteiger partial charge in [-0.15, -0.1) is 0 Å². The number of ether oxygens (including phenoxy) is 3. The summed E-state index contributed by atoms with van der Waals surface area (Å²) in [6.45, 7) is 2.91. The van der Waals surface area contributed by atoms with E-state index in [0.29, 0.717) is 42.7 Å². The lowest BCUT2D eigenvalue weighted by Gasteiger charge is -2.13. The monoisotopic (exact) mass is 428 g/mol. The lowest BCUT2D eigenvalue weighted by molar-refractivity contribution is 0.0519. The summed E-state index contributed by atoms with van der Waals surface area (Å²) >= 11 is 0. The number of rotatable bonds is 9. The lowest BCUT2D eigenvalue weighted by Crippen LogP contribution is -2.04. The fraction of sp³-hybridized carbons (Fsp3) is 0.154. The van der Waals surface area contributed by atoms with Crippen molar-refractivity contribution in [3.8, 4) is 22.8 Å². The summed E-state index contributed by atoms with van der Waals surface area (Å²) in [5.74, 6) is 0.851. The minimum absolute atomic E-state index is 0.292. The Morgan fingerprint density at radius 3 is 2.16 bits per heavy atom. The van der Waals surface area contributed by atoms with Gasteiger partial charge in [0.2, 0.25) is 0 Å². The number of esters is 1. The zero-order valence-corrected chi connectivity index (χ0v) is 17.8. The van der Waals surface area contributed by atoms with E-state index in [1.807, 2.05) is 78.9 Å². The number of nitrogens with one attached hydrogen (secondary N) is 1. The second-order valence-corrected chi connectivity index (χ2v) is 7.09. The van der Waals surface area contributed by atoms with Crippen molar-refractivity contribution in [3.63, 3.8) is 0 Å². The van der Waals surface area contributed by atoms with Gasteiger partial charge in [-0.3, -0.25) is 5.10 Å². The average molecular weight is 428 g/mol. The zero-order chi connectivity index (χ0) is 22.2. The minimum atomic E-state index is -0.444. The summed E-state index contributed by atoms with van der Waals surface area (Å²) in [5, 5.41) is 7.02. The molecule has 0 fully saturated rings. The number of nitrogens with zero attached hydrogens (tertiary/aromatic N) is 1. The van der Waals surface area contributed by atoms with Crippen LogP contribution in [0.15, 0.2) is 84.9 Å². The Morgan fingerprint density at radius 1 is 0.844 bits per heavy atom. The first-order valence-electron chi connectivity index (χ1n) is 10.4. The van der Waals surface area contributed by atoms with Crippen molar-refractivity contribution < 1.29 is 19.0 Å². The van der Waals surface area contributed by atoms with Crippen molar-refractivity contribution in [2.45, 2.75) is 20.1 Å². The lowest BCUT2D eigenvalue weighted by atomic mass is 10.1. The Labute approximate surface area is 186 Å². The number of hydrogen-bond donors (Lipinski definition) is 1. The highest BCUT2D eigenvalue weighted by molar-refractivity contribution is 5.89. The van der Waals surface area contributed by atoms with Crippen molar-refractivity contribution in [3.05, 3.63) is 102 Å². The van der Waals surface area contributed by atoms with Gasteiger partial charge < -0.3 is 14.2 Å². The molecule has 4 aromatic rings. The van der Waals surface area contributed by atoms with Crippen LogP contribution < -0.4 is 9.47 Å². The second kappa shape index (κ2) is 10.3. The third kappa shape index (κ3) is 5.35. The van der Waals surface area contributed by atoms with Gasteiger partial charge in [-0.25, -0.2) is 4.79 Å². The smallest absolute Gasteiger partial charge is 0.356 e. The molecule has 1 N–H and O–H groups in total. The summed E-state index contributed by atoms with van der Waals surface area (Å²) in [6.07, 6.45) is 0. The SMILES string of the molecule is CCOC(=O)c1cc(-c2ccc(OCc3ccccc3)cc2OCc2ccccc2)n[nH]1. The Hall–Kier alpha value is -4.06. The molecule has 6 heteroatoms. The molecule has 1 heterocycles. The van der Waals surface area contributed by atoms with E-state index in [4.69, 9.17) is 14.2 Å². The van der Waals surface area contributed by atoms with Gasteiger partial charge in [0, 0.05) is 11.6 Å². The number of aromatic amines is 1. The first-order valence-corrected chi connectivity index (χ1v) is 10.4. The topological polar surface area (TPSA) is 73.4 Å². The van der Waals surface area contributed by atoms with Gasteiger partial charge in [0.15, 0.2) is 0 Å². The highest BCUT2D eigenvalue weighted by atomic mass is 16.5. The number of hydrogen-bond acceptors (Lipinski definition) is 5. The van der Waals surface area contributed by atoms with E-state index < -0.39 is 5.97 Å². The molecule has 0 saturated heterocycles. The molecule has 0 atom stereocenters. The van der Waals surface area contributed by atoms with Gasteiger partial charge >= 0.3 is 5.97 Å². The normalized spacial score (nSPS) is 10.5. The van der Waals surface area contributed by atoms with Crippen LogP contribution in [0.25, 0.3) is 11.3 Å². The molecule has 0 amide bonds. The standard InChI is InChI=1S/C26H24N2O4/c1-2-30-26(29)24-16-23(27-28-24)22-14-13-21(31-17-19-9-5-3-6-10-19)15-25(22)32-18-20-11-7-4-8-12-20/h3-16H,2,17-18H2,1H3,(H,27,28). The van der Waals surface area contributed by atoms with Crippen LogP contribution in [0.3, 0.4) is 0 Å². The van der Waals surface area contributed by atoms with Gasteiger partial charge in [-0.2, -0.15) is 5.10 Å². The fourth-order valence-corrected chi connectivity index (χ4v) is 3.17. The van der Waals surface area contributed by atoms with Crippen LogP contribution >= 0.6 is 0 Å². The fourth-order valence-electron chi connectivity index (χ4n) is 3.17. The summed E-state index contributed by atoms with van der Waals surface area (Å²) in [4.78, 5) is 12.0. The van der Waals surface area contributed by atoms with E-state index in [1.54, 1.807) is 13.0 Å². The Balaban J connectivity index is 1.58. The van der Waals surface area contributed by atoms with Crippen LogP contribution in [-0.2, 0) is 18.0 Å². The summed E-state index contributed by atoms with van der Waals surface area (Å²) < 4.78 is 17.2. The first kappa shape index (κ1) is 21.2. The molecular weight excluding hydrogens is 404 g/mol. The van der Waals surface area contributed by atoms with Crippen LogP contribution in [0.2, 0.25) is 0 Å². The van der Waals surface area contributed by atoms with Gasteiger partial charge in [-0.05, 0) is 36.2 Å². The second-order valence-electron chi connectivity index (χ2n) is 7.09. The number of H-pyrrole nitrogens is 1. The molecule has 1 aromatic heterocycles. The van der Waals surface area contributed by atoms with E-state index in [2.05, 4.69) is 10.2 Å².